The normalized spacial score (nSPS) is 11.3. The van der Waals surface area contributed by atoms with Gasteiger partial charge in [0.25, 0.3) is 0 Å². The summed E-state index contributed by atoms with van der Waals surface area (Å²) in [4.78, 5) is -0.0920. The van der Waals surface area contributed by atoms with Crippen LogP contribution in [0.3, 0.4) is 0 Å². The van der Waals surface area contributed by atoms with Gasteiger partial charge in [0, 0.05) is 19.2 Å². The van der Waals surface area contributed by atoms with Crippen LogP contribution in [-0.4, -0.2) is 18.2 Å². The number of nitriles is 1. The molecule has 3 N–H and O–H groups in total. The molecule has 1 aromatic heterocycles. The molecule has 0 radical (unpaired) electrons. The number of hydrogen-bond donors (Lipinski definition) is 2. The first kappa shape index (κ1) is 15.3. The van der Waals surface area contributed by atoms with E-state index in [2.05, 4.69) is 9.82 Å². The SMILES string of the molecule is Cn1ncc(CNS(=O)(=O)c2ccc(C#N)cc2Cl)c1N. The van der Waals surface area contributed by atoms with Crippen LogP contribution in [0.1, 0.15) is 11.1 Å². The summed E-state index contributed by atoms with van der Waals surface area (Å²) in [5.41, 5.74) is 6.59. The van der Waals surface area contributed by atoms with Crippen LogP contribution in [0.15, 0.2) is 29.3 Å². The number of nitrogens with one attached hydrogen (secondary N) is 1. The van der Waals surface area contributed by atoms with Gasteiger partial charge in [0.1, 0.15) is 10.7 Å². The Morgan fingerprint density at radius 3 is 2.76 bits per heavy atom. The summed E-state index contributed by atoms with van der Waals surface area (Å²) >= 11 is 5.90. The zero-order valence-electron chi connectivity index (χ0n) is 11.0. The third kappa shape index (κ3) is 3.16. The number of anilines is 1. The van der Waals surface area contributed by atoms with E-state index in [0.717, 1.165) is 0 Å². The first-order valence-corrected chi connectivity index (χ1v) is 7.67. The van der Waals surface area contributed by atoms with Crippen LogP contribution in [0.25, 0.3) is 0 Å². The van der Waals surface area contributed by atoms with Gasteiger partial charge in [-0.1, -0.05) is 11.6 Å². The Kier molecular flexibility index (Phi) is 4.18. The van der Waals surface area contributed by atoms with Crippen molar-refractivity contribution in [3.8, 4) is 6.07 Å². The smallest absolute Gasteiger partial charge is 0.242 e. The van der Waals surface area contributed by atoms with E-state index in [1.54, 1.807) is 7.05 Å². The summed E-state index contributed by atoms with van der Waals surface area (Å²) < 4.78 is 28.2. The summed E-state index contributed by atoms with van der Waals surface area (Å²) in [6, 6.07) is 5.86. The number of nitrogens with zero attached hydrogens (tertiary/aromatic N) is 3. The minimum absolute atomic E-state index is 0.00165. The van der Waals surface area contributed by atoms with E-state index >= 15 is 0 Å². The maximum absolute atomic E-state index is 12.2. The summed E-state index contributed by atoms with van der Waals surface area (Å²) in [6.45, 7) is -0.00165. The molecule has 1 aromatic carbocycles. The van der Waals surface area contributed by atoms with Crippen LogP contribution >= 0.6 is 11.6 Å². The largest absolute Gasteiger partial charge is 0.384 e. The van der Waals surface area contributed by atoms with E-state index in [4.69, 9.17) is 22.6 Å². The lowest BCUT2D eigenvalue weighted by Crippen LogP contribution is -2.24. The number of rotatable bonds is 4. The molecule has 0 spiro atoms. The Balaban J connectivity index is 2.23. The van der Waals surface area contributed by atoms with Crippen LogP contribution in [0, 0.1) is 11.3 Å². The van der Waals surface area contributed by atoms with Gasteiger partial charge >= 0.3 is 0 Å². The molecule has 2 aromatic rings. The number of benzene rings is 1. The minimum atomic E-state index is -3.81. The van der Waals surface area contributed by atoms with Gasteiger partial charge in [0.15, 0.2) is 0 Å². The molecule has 0 atom stereocenters. The van der Waals surface area contributed by atoms with Crippen LogP contribution < -0.4 is 10.5 Å². The lowest BCUT2D eigenvalue weighted by Gasteiger charge is -2.08. The molecule has 0 fully saturated rings. The first-order chi connectivity index (χ1) is 9.85. The number of halogens is 1. The van der Waals surface area contributed by atoms with Crippen LogP contribution in [-0.2, 0) is 23.6 Å². The fraction of sp³-hybridized carbons (Fsp3) is 0.167. The predicted molar refractivity (Wildman–Crippen MR) is 77.8 cm³/mol. The molecule has 0 saturated carbocycles. The molecule has 0 amide bonds. The molecule has 0 bridgehead atoms. The van der Waals surface area contributed by atoms with Crippen molar-refractivity contribution in [3.05, 3.63) is 40.5 Å². The number of aryl methyl sites for hydroxylation is 1. The van der Waals surface area contributed by atoms with Crippen molar-refractivity contribution < 1.29 is 8.42 Å². The highest BCUT2D eigenvalue weighted by molar-refractivity contribution is 7.89. The van der Waals surface area contributed by atoms with Gasteiger partial charge < -0.3 is 5.73 Å². The molecular formula is C12H12ClN5O2S. The Morgan fingerprint density at radius 1 is 1.52 bits per heavy atom. The highest BCUT2D eigenvalue weighted by Gasteiger charge is 2.19. The quantitative estimate of drug-likeness (QED) is 0.870. The molecule has 0 aliphatic carbocycles. The van der Waals surface area contributed by atoms with Crippen molar-refractivity contribution in [2.24, 2.45) is 7.05 Å². The van der Waals surface area contributed by atoms with E-state index in [9.17, 15) is 8.42 Å². The van der Waals surface area contributed by atoms with Crippen molar-refractivity contribution in [3.63, 3.8) is 0 Å². The molecule has 9 heteroatoms. The molecule has 110 valence electrons. The molecule has 7 nitrogen and oxygen atoms in total. The molecular weight excluding hydrogens is 314 g/mol. The zero-order chi connectivity index (χ0) is 15.6. The average molecular weight is 326 g/mol. The van der Waals surface area contributed by atoms with Crippen molar-refractivity contribution in [1.82, 2.24) is 14.5 Å². The third-order valence-electron chi connectivity index (χ3n) is 2.87. The second-order valence-corrected chi connectivity index (χ2v) is 6.40. The predicted octanol–water partition coefficient (Wildman–Crippen LogP) is 1.01. The van der Waals surface area contributed by atoms with E-state index in [0.29, 0.717) is 11.4 Å². The summed E-state index contributed by atoms with van der Waals surface area (Å²) in [5, 5.41) is 12.7. The second kappa shape index (κ2) is 5.73. The molecule has 21 heavy (non-hydrogen) atoms. The summed E-state index contributed by atoms with van der Waals surface area (Å²) in [6.07, 6.45) is 1.48. The van der Waals surface area contributed by atoms with Crippen LogP contribution in [0.4, 0.5) is 5.82 Å². The lowest BCUT2D eigenvalue weighted by atomic mass is 10.2. The van der Waals surface area contributed by atoms with Crippen molar-refractivity contribution in [2.45, 2.75) is 11.4 Å². The van der Waals surface area contributed by atoms with Crippen LogP contribution in [0.5, 0.6) is 0 Å². The van der Waals surface area contributed by atoms with Gasteiger partial charge in [0.05, 0.1) is 22.9 Å². The highest BCUT2D eigenvalue weighted by atomic mass is 35.5. The summed E-state index contributed by atoms with van der Waals surface area (Å²) in [7, 11) is -2.15. The maximum atomic E-state index is 12.2. The average Bonchev–Trinajstić information content (AvgIpc) is 2.76. The number of aromatic nitrogens is 2. The number of hydrogen-bond acceptors (Lipinski definition) is 5. The van der Waals surface area contributed by atoms with E-state index in [1.807, 2.05) is 6.07 Å². The lowest BCUT2D eigenvalue weighted by molar-refractivity contribution is 0.581. The van der Waals surface area contributed by atoms with Gasteiger partial charge in [-0.2, -0.15) is 10.4 Å². The van der Waals surface area contributed by atoms with Crippen molar-refractivity contribution in [2.75, 3.05) is 5.73 Å². The molecule has 0 saturated heterocycles. The third-order valence-corrected chi connectivity index (χ3v) is 4.75. The standard InChI is InChI=1S/C12H12ClN5O2S/c1-18-12(15)9(6-16-18)7-17-21(19,20)11-3-2-8(5-14)4-10(11)13/h2-4,6,17H,7,15H2,1H3. The van der Waals surface area contributed by atoms with E-state index in [1.165, 1.54) is 29.1 Å². The van der Waals surface area contributed by atoms with Crippen molar-refractivity contribution >= 4 is 27.4 Å². The first-order valence-electron chi connectivity index (χ1n) is 5.81. The Bertz CT molecular complexity index is 823. The maximum Gasteiger partial charge on any atom is 0.242 e. The van der Waals surface area contributed by atoms with E-state index in [-0.39, 0.29) is 22.0 Å². The van der Waals surface area contributed by atoms with Gasteiger partial charge in [-0.3, -0.25) is 4.68 Å². The fourth-order valence-corrected chi connectivity index (χ4v) is 3.22. The Hall–Kier alpha value is -2.08. The number of sulfonamides is 1. The van der Waals surface area contributed by atoms with E-state index < -0.39 is 10.0 Å². The molecule has 0 aliphatic heterocycles. The summed E-state index contributed by atoms with van der Waals surface area (Å²) in [5.74, 6) is 0.378. The number of nitrogen functional groups attached to an aromatic ring is 1. The molecule has 0 aliphatic rings. The Morgan fingerprint density at radius 2 is 2.24 bits per heavy atom. The number of nitrogens with two attached hydrogens (primary N) is 1. The van der Waals surface area contributed by atoms with Gasteiger partial charge in [-0.15, -0.1) is 0 Å². The van der Waals surface area contributed by atoms with Crippen LogP contribution in [0.2, 0.25) is 5.02 Å². The highest BCUT2D eigenvalue weighted by Crippen LogP contribution is 2.22. The van der Waals surface area contributed by atoms with Gasteiger partial charge in [-0.25, -0.2) is 13.1 Å². The molecule has 0 unspecified atom stereocenters. The minimum Gasteiger partial charge on any atom is -0.384 e. The monoisotopic (exact) mass is 325 g/mol. The Labute approximate surface area is 127 Å². The second-order valence-electron chi connectivity index (χ2n) is 4.26. The van der Waals surface area contributed by atoms with Gasteiger partial charge in [0.2, 0.25) is 10.0 Å². The van der Waals surface area contributed by atoms with Gasteiger partial charge in [-0.05, 0) is 18.2 Å². The molecule has 1 heterocycles. The topological polar surface area (TPSA) is 114 Å². The molecule has 2 rings (SSSR count). The zero-order valence-corrected chi connectivity index (χ0v) is 12.6. The fourth-order valence-electron chi connectivity index (χ4n) is 1.67. The van der Waals surface area contributed by atoms with Crippen molar-refractivity contribution in [1.29, 1.82) is 5.26 Å².